The van der Waals surface area contributed by atoms with Crippen molar-refractivity contribution in [2.24, 2.45) is 0 Å². The van der Waals surface area contributed by atoms with Crippen LogP contribution in [0.1, 0.15) is 11.7 Å². The van der Waals surface area contributed by atoms with Gasteiger partial charge in [0.25, 0.3) is 0 Å². The summed E-state index contributed by atoms with van der Waals surface area (Å²) in [4.78, 5) is 12.9. The van der Waals surface area contributed by atoms with Gasteiger partial charge >= 0.3 is 6.09 Å². The number of aliphatic hydroxyl groups excluding tert-OH is 1. The first-order valence-electron chi connectivity index (χ1n) is 5.02. The van der Waals surface area contributed by atoms with E-state index in [-0.39, 0.29) is 18.8 Å². The second-order valence-corrected chi connectivity index (χ2v) is 4.03. The molecule has 2 rings (SSSR count). The van der Waals surface area contributed by atoms with Gasteiger partial charge in [0.1, 0.15) is 6.10 Å². The minimum absolute atomic E-state index is 0.0531. The smallest absolute Gasteiger partial charge is 0.410 e. The number of β-amino-alcohol motifs (C(OH)–C–C–N with tert-alkyl or cyclic N) is 1. The first-order valence-corrected chi connectivity index (χ1v) is 5.40. The third kappa shape index (κ3) is 2.28. The summed E-state index contributed by atoms with van der Waals surface area (Å²) in [7, 11) is 0. The topological polar surface area (TPSA) is 49.8 Å². The molecule has 1 heterocycles. The predicted octanol–water partition coefficient (Wildman–Crippen LogP) is 1.83. The number of benzene rings is 1. The third-order valence-electron chi connectivity index (χ3n) is 2.50. The third-order valence-corrected chi connectivity index (χ3v) is 2.75. The van der Waals surface area contributed by atoms with E-state index < -0.39 is 0 Å². The Balaban J connectivity index is 2.07. The fraction of sp³-hybridized carbons (Fsp3) is 0.364. The zero-order valence-corrected chi connectivity index (χ0v) is 9.35. The van der Waals surface area contributed by atoms with Crippen molar-refractivity contribution in [2.45, 2.75) is 6.10 Å². The monoisotopic (exact) mass is 241 g/mol. The number of hydrogen-bond acceptors (Lipinski definition) is 3. The zero-order chi connectivity index (χ0) is 11.5. The molecule has 0 spiro atoms. The van der Waals surface area contributed by atoms with Crippen molar-refractivity contribution in [3.8, 4) is 0 Å². The Bertz CT molecular complexity index is 379. The zero-order valence-electron chi connectivity index (χ0n) is 8.60. The van der Waals surface area contributed by atoms with Gasteiger partial charge in [-0.2, -0.15) is 0 Å². The number of nitrogens with zero attached hydrogens (tertiary/aromatic N) is 1. The van der Waals surface area contributed by atoms with E-state index in [2.05, 4.69) is 0 Å². The predicted molar refractivity (Wildman–Crippen MR) is 59.3 cm³/mol. The van der Waals surface area contributed by atoms with Crippen molar-refractivity contribution < 1.29 is 14.6 Å². The highest BCUT2D eigenvalue weighted by Crippen LogP contribution is 2.26. The van der Waals surface area contributed by atoms with Crippen molar-refractivity contribution in [3.63, 3.8) is 0 Å². The molecule has 1 aromatic carbocycles. The van der Waals surface area contributed by atoms with Crippen molar-refractivity contribution in [1.82, 2.24) is 4.90 Å². The maximum atomic E-state index is 11.4. The maximum Gasteiger partial charge on any atom is 0.410 e. The number of cyclic esters (lactones) is 1. The normalized spacial score (nSPS) is 20.0. The Morgan fingerprint density at radius 3 is 2.75 bits per heavy atom. The Hall–Kier alpha value is -1.26. The molecule has 1 atom stereocenters. The van der Waals surface area contributed by atoms with Gasteiger partial charge in [0, 0.05) is 11.6 Å². The Labute approximate surface area is 98.4 Å². The number of hydrogen-bond donors (Lipinski definition) is 1. The molecule has 0 aromatic heterocycles. The largest absolute Gasteiger partial charge is 0.439 e. The molecule has 1 fully saturated rings. The second kappa shape index (κ2) is 4.72. The van der Waals surface area contributed by atoms with Gasteiger partial charge in [0.05, 0.1) is 13.2 Å². The molecule has 1 aromatic rings. The van der Waals surface area contributed by atoms with Crippen LogP contribution in [0.25, 0.3) is 0 Å². The Morgan fingerprint density at radius 1 is 1.44 bits per heavy atom. The van der Waals surface area contributed by atoms with E-state index in [9.17, 15) is 4.79 Å². The lowest BCUT2D eigenvalue weighted by Gasteiger charge is -2.10. The number of amides is 1. The summed E-state index contributed by atoms with van der Waals surface area (Å²) in [6.45, 7) is 0.729. The summed E-state index contributed by atoms with van der Waals surface area (Å²) in [5.41, 5.74) is 0.915. The van der Waals surface area contributed by atoms with E-state index in [1.807, 2.05) is 12.1 Å². The highest BCUT2D eigenvalue weighted by Gasteiger charge is 2.31. The molecule has 16 heavy (non-hydrogen) atoms. The standard InChI is InChI=1S/C11H12ClNO3/c12-9-3-1-8(2-4-9)10-7-13(5-6-14)11(15)16-10/h1-4,10,14H,5-7H2. The van der Waals surface area contributed by atoms with Crippen LogP contribution in [0.15, 0.2) is 24.3 Å². The summed E-state index contributed by atoms with van der Waals surface area (Å²) in [5.74, 6) is 0. The molecule has 0 radical (unpaired) electrons. The first-order chi connectivity index (χ1) is 7.70. The molecule has 4 nitrogen and oxygen atoms in total. The van der Waals surface area contributed by atoms with Gasteiger partial charge in [0.2, 0.25) is 0 Å². The van der Waals surface area contributed by atoms with E-state index in [4.69, 9.17) is 21.4 Å². The molecule has 1 unspecified atom stereocenters. The Kier molecular flexibility index (Phi) is 3.31. The van der Waals surface area contributed by atoms with Crippen molar-refractivity contribution in [1.29, 1.82) is 0 Å². The lowest BCUT2D eigenvalue weighted by molar-refractivity contribution is 0.130. The molecule has 1 N–H and O–H groups in total. The van der Waals surface area contributed by atoms with Crippen LogP contribution in [-0.4, -0.2) is 35.8 Å². The maximum absolute atomic E-state index is 11.4. The van der Waals surface area contributed by atoms with Crippen molar-refractivity contribution in [3.05, 3.63) is 34.9 Å². The first kappa shape index (κ1) is 11.2. The highest BCUT2D eigenvalue weighted by molar-refractivity contribution is 6.30. The van der Waals surface area contributed by atoms with E-state index in [0.29, 0.717) is 18.1 Å². The van der Waals surface area contributed by atoms with Crippen LogP contribution >= 0.6 is 11.6 Å². The highest BCUT2D eigenvalue weighted by atomic mass is 35.5. The van der Waals surface area contributed by atoms with Gasteiger partial charge < -0.3 is 14.7 Å². The van der Waals surface area contributed by atoms with Gasteiger partial charge in [-0.25, -0.2) is 4.79 Å². The molecule has 5 heteroatoms. The molecular formula is C11H12ClNO3. The van der Waals surface area contributed by atoms with Gasteiger partial charge in [-0.15, -0.1) is 0 Å². The molecule has 1 aliphatic rings. The number of carbonyl (C=O) groups excluding carboxylic acids is 1. The van der Waals surface area contributed by atoms with Gasteiger partial charge in [-0.05, 0) is 17.7 Å². The van der Waals surface area contributed by atoms with E-state index in [0.717, 1.165) is 5.56 Å². The second-order valence-electron chi connectivity index (χ2n) is 3.59. The van der Waals surface area contributed by atoms with Crippen molar-refractivity contribution in [2.75, 3.05) is 19.7 Å². The minimum atomic E-state index is -0.381. The average Bonchev–Trinajstić information content (AvgIpc) is 2.62. The van der Waals surface area contributed by atoms with Crippen LogP contribution in [0.3, 0.4) is 0 Å². The molecule has 0 bridgehead atoms. The quantitative estimate of drug-likeness (QED) is 0.878. The summed E-state index contributed by atoms with van der Waals surface area (Å²) >= 11 is 5.77. The summed E-state index contributed by atoms with van der Waals surface area (Å²) in [5, 5.41) is 9.42. The molecule has 0 aliphatic carbocycles. The van der Waals surface area contributed by atoms with E-state index in [1.165, 1.54) is 4.90 Å². The molecule has 1 amide bonds. The van der Waals surface area contributed by atoms with Crippen LogP contribution in [0.5, 0.6) is 0 Å². The van der Waals surface area contributed by atoms with Crippen LogP contribution in [0.2, 0.25) is 5.02 Å². The van der Waals surface area contributed by atoms with Crippen LogP contribution in [0.4, 0.5) is 4.79 Å². The summed E-state index contributed by atoms with van der Waals surface area (Å²) in [6, 6.07) is 7.20. The molecule has 0 saturated carbocycles. The fourth-order valence-electron chi connectivity index (χ4n) is 1.66. The van der Waals surface area contributed by atoms with E-state index >= 15 is 0 Å². The van der Waals surface area contributed by atoms with Gasteiger partial charge in [-0.1, -0.05) is 23.7 Å². The molecule has 86 valence electrons. The lowest BCUT2D eigenvalue weighted by atomic mass is 10.1. The van der Waals surface area contributed by atoms with Crippen LogP contribution in [-0.2, 0) is 4.74 Å². The number of aliphatic hydroxyl groups is 1. The van der Waals surface area contributed by atoms with E-state index in [1.54, 1.807) is 12.1 Å². The molecule has 1 aliphatic heterocycles. The number of rotatable bonds is 3. The fourth-order valence-corrected chi connectivity index (χ4v) is 1.79. The van der Waals surface area contributed by atoms with Crippen molar-refractivity contribution >= 4 is 17.7 Å². The van der Waals surface area contributed by atoms with Gasteiger partial charge in [0.15, 0.2) is 0 Å². The average molecular weight is 242 g/mol. The summed E-state index contributed by atoms with van der Waals surface area (Å²) < 4.78 is 5.19. The SMILES string of the molecule is O=C1OC(c2ccc(Cl)cc2)CN1CCO. The minimum Gasteiger partial charge on any atom is -0.439 e. The molecule has 1 saturated heterocycles. The number of halogens is 1. The number of carbonyl (C=O) groups is 1. The summed E-state index contributed by atoms with van der Waals surface area (Å²) in [6.07, 6.45) is -0.648. The molecular weight excluding hydrogens is 230 g/mol. The van der Waals surface area contributed by atoms with Gasteiger partial charge in [-0.3, -0.25) is 0 Å². The Morgan fingerprint density at radius 2 is 2.12 bits per heavy atom. The van der Waals surface area contributed by atoms with Crippen LogP contribution < -0.4 is 0 Å². The number of ether oxygens (including phenoxy) is 1. The lowest BCUT2D eigenvalue weighted by Crippen LogP contribution is -2.27. The van der Waals surface area contributed by atoms with Crippen LogP contribution in [0, 0.1) is 0 Å².